The van der Waals surface area contributed by atoms with Gasteiger partial charge >= 0.3 is 0 Å². The molecule has 2 heteroatoms. The van der Waals surface area contributed by atoms with Gasteiger partial charge in [0.2, 0.25) is 0 Å². The van der Waals surface area contributed by atoms with Crippen molar-refractivity contribution in [3.05, 3.63) is 12.2 Å². The summed E-state index contributed by atoms with van der Waals surface area (Å²) in [6.07, 6.45) is 4.68. The van der Waals surface area contributed by atoms with Crippen molar-refractivity contribution >= 4 is 0 Å². The summed E-state index contributed by atoms with van der Waals surface area (Å²) in [7, 11) is 0. The van der Waals surface area contributed by atoms with Gasteiger partial charge in [0.25, 0.3) is 0 Å². The Morgan fingerprint density at radius 1 is 1.57 bits per heavy atom. The van der Waals surface area contributed by atoms with Crippen LogP contribution in [0.4, 0.5) is 0 Å². The van der Waals surface area contributed by atoms with E-state index < -0.39 is 0 Å². The maximum Gasteiger partial charge on any atom is 0.0434 e. The van der Waals surface area contributed by atoms with E-state index in [2.05, 4.69) is 18.4 Å². The first-order chi connectivity index (χ1) is 6.72. The second-order valence-corrected chi connectivity index (χ2v) is 4.53. The van der Waals surface area contributed by atoms with Crippen LogP contribution in [0.5, 0.6) is 0 Å². The minimum atomic E-state index is 0.346. The molecule has 1 aliphatic rings. The molecule has 1 heterocycles. The van der Waals surface area contributed by atoms with Gasteiger partial charge in [0, 0.05) is 19.7 Å². The lowest BCUT2D eigenvalue weighted by Crippen LogP contribution is -2.36. The summed E-state index contributed by atoms with van der Waals surface area (Å²) in [6.45, 7) is 9.92. The fourth-order valence-corrected chi connectivity index (χ4v) is 2.12. The highest BCUT2D eigenvalue weighted by atomic mass is 16.3. The van der Waals surface area contributed by atoms with Gasteiger partial charge in [-0.15, -0.1) is 6.58 Å². The number of hydrogen-bond acceptors (Lipinski definition) is 2. The highest BCUT2D eigenvalue weighted by Crippen LogP contribution is 2.19. The second-order valence-electron chi connectivity index (χ2n) is 4.53. The van der Waals surface area contributed by atoms with Crippen LogP contribution in [0.1, 0.15) is 32.6 Å². The van der Waals surface area contributed by atoms with Crippen LogP contribution < -0.4 is 0 Å². The molecular weight excluding hydrogens is 174 g/mol. The van der Waals surface area contributed by atoms with Crippen LogP contribution in [0.25, 0.3) is 0 Å². The lowest BCUT2D eigenvalue weighted by atomic mass is 9.95. The monoisotopic (exact) mass is 197 g/mol. The van der Waals surface area contributed by atoms with Crippen LogP contribution in [-0.4, -0.2) is 36.2 Å². The highest BCUT2D eigenvalue weighted by molar-refractivity contribution is 4.89. The number of aliphatic hydroxyl groups is 1. The van der Waals surface area contributed by atoms with Crippen molar-refractivity contribution < 1.29 is 5.11 Å². The Morgan fingerprint density at radius 2 is 2.36 bits per heavy atom. The summed E-state index contributed by atoms with van der Waals surface area (Å²) in [5.41, 5.74) is 1.27. The Hall–Kier alpha value is -0.340. The molecule has 0 aromatic heterocycles. The molecule has 14 heavy (non-hydrogen) atoms. The molecular formula is C12H23NO. The maximum atomic E-state index is 8.89. The Labute approximate surface area is 87.6 Å². The molecule has 1 saturated heterocycles. The minimum absolute atomic E-state index is 0.346. The van der Waals surface area contributed by atoms with E-state index in [1.165, 1.54) is 31.5 Å². The van der Waals surface area contributed by atoms with Gasteiger partial charge in [-0.05, 0) is 45.1 Å². The lowest BCUT2D eigenvalue weighted by Gasteiger charge is -2.32. The normalized spacial score (nSPS) is 23.7. The van der Waals surface area contributed by atoms with Crippen molar-refractivity contribution in [2.45, 2.75) is 32.6 Å². The van der Waals surface area contributed by atoms with E-state index in [1.807, 2.05) is 0 Å². The molecule has 0 amide bonds. The largest absolute Gasteiger partial charge is 0.396 e. The van der Waals surface area contributed by atoms with Crippen LogP contribution in [0.3, 0.4) is 0 Å². The van der Waals surface area contributed by atoms with Gasteiger partial charge in [-0.3, -0.25) is 0 Å². The van der Waals surface area contributed by atoms with Crippen LogP contribution in [-0.2, 0) is 0 Å². The first-order valence-electron chi connectivity index (χ1n) is 5.70. The third kappa shape index (κ3) is 4.25. The van der Waals surface area contributed by atoms with Crippen LogP contribution in [0.15, 0.2) is 12.2 Å². The summed E-state index contributed by atoms with van der Waals surface area (Å²) in [5, 5.41) is 8.89. The van der Waals surface area contributed by atoms with Crippen molar-refractivity contribution in [2.24, 2.45) is 5.92 Å². The summed E-state index contributed by atoms with van der Waals surface area (Å²) >= 11 is 0. The number of rotatable bonds is 5. The molecule has 0 aromatic rings. The van der Waals surface area contributed by atoms with E-state index in [0.29, 0.717) is 6.61 Å². The van der Waals surface area contributed by atoms with Crippen LogP contribution in [0, 0.1) is 5.92 Å². The molecule has 1 N–H and O–H groups in total. The topological polar surface area (TPSA) is 23.5 Å². The van der Waals surface area contributed by atoms with E-state index in [-0.39, 0.29) is 0 Å². The van der Waals surface area contributed by atoms with Crippen molar-refractivity contribution in [2.75, 3.05) is 26.2 Å². The first-order valence-corrected chi connectivity index (χ1v) is 5.70. The van der Waals surface area contributed by atoms with E-state index in [0.717, 1.165) is 25.3 Å². The van der Waals surface area contributed by atoms with E-state index >= 15 is 0 Å². The summed E-state index contributed by atoms with van der Waals surface area (Å²) in [4.78, 5) is 2.51. The van der Waals surface area contributed by atoms with E-state index in [4.69, 9.17) is 5.11 Å². The summed E-state index contributed by atoms with van der Waals surface area (Å²) in [6, 6.07) is 0. The Kier molecular flexibility index (Phi) is 5.20. The van der Waals surface area contributed by atoms with Crippen LogP contribution >= 0.6 is 0 Å². The third-order valence-corrected chi connectivity index (χ3v) is 3.00. The molecule has 0 saturated carbocycles. The van der Waals surface area contributed by atoms with Gasteiger partial charge in [-0.2, -0.15) is 0 Å². The van der Waals surface area contributed by atoms with E-state index in [9.17, 15) is 0 Å². The predicted molar refractivity (Wildman–Crippen MR) is 60.3 cm³/mol. The number of likely N-dealkylation sites (tertiary alicyclic amines) is 1. The maximum absolute atomic E-state index is 8.89. The van der Waals surface area contributed by atoms with Gasteiger partial charge in [0.1, 0.15) is 0 Å². The molecule has 0 aliphatic carbocycles. The van der Waals surface area contributed by atoms with Crippen LogP contribution in [0.2, 0.25) is 0 Å². The molecule has 0 spiro atoms. The van der Waals surface area contributed by atoms with Gasteiger partial charge < -0.3 is 10.0 Å². The zero-order valence-corrected chi connectivity index (χ0v) is 9.34. The molecule has 82 valence electrons. The van der Waals surface area contributed by atoms with Gasteiger partial charge in [-0.1, -0.05) is 5.57 Å². The fourth-order valence-electron chi connectivity index (χ4n) is 2.12. The summed E-state index contributed by atoms with van der Waals surface area (Å²) in [5.74, 6) is 0.721. The van der Waals surface area contributed by atoms with Crippen molar-refractivity contribution in [1.29, 1.82) is 0 Å². The highest BCUT2D eigenvalue weighted by Gasteiger charge is 2.18. The quantitative estimate of drug-likeness (QED) is 0.682. The number of aliphatic hydroxyl groups excluding tert-OH is 1. The molecule has 1 rings (SSSR count). The molecule has 1 aliphatic heterocycles. The average Bonchev–Trinajstić information content (AvgIpc) is 2.16. The molecule has 2 nitrogen and oxygen atoms in total. The van der Waals surface area contributed by atoms with Gasteiger partial charge in [-0.25, -0.2) is 0 Å². The number of nitrogens with zero attached hydrogens (tertiary/aromatic N) is 1. The minimum Gasteiger partial charge on any atom is -0.396 e. The molecule has 0 bridgehead atoms. The SMILES string of the molecule is C=C(C)CCN1CCCC(CCO)C1. The Morgan fingerprint density at radius 3 is 3.00 bits per heavy atom. The van der Waals surface area contributed by atoms with E-state index in [1.54, 1.807) is 0 Å². The lowest BCUT2D eigenvalue weighted by molar-refractivity contribution is 0.149. The fraction of sp³-hybridized carbons (Fsp3) is 0.833. The smallest absolute Gasteiger partial charge is 0.0434 e. The summed E-state index contributed by atoms with van der Waals surface area (Å²) < 4.78 is 0. The third-order valence-electron chi connectivity index (χ3n) is 3.00. The molecule has 1 unspecified atom stereocenters. The molecule has 0 aromatic carbocycles. The molecule has 0 radical (unpaired) electrons. The number of piperidine rings is 1. The standard InChI is InChI=1S/C12H23NO/c1-11(2)5-8-13-7-3-4-12(10-13)6-9-14/h12,14H,1,3-10H2,2H3. The van der Waals surface area contributed by atoms with Crippen molar-refractivity contribution in [3.63, 3.8) is 0 Å². The van der Waals surface area contributed by atoms with Gasteiger partial charge in [0.05, 0.1) is 0 Å². The first kappa shape index (κ1) is 11.7. The van der Waals surface area contributed by atoms with Crippen molar-refractivity contribution in [1.82, 2.24) is 4.90 Å². The van der Waals surface area contributed by atoms with Crippen molar-refractivity contribution in [3.8, 4) is 0 Å². The zero-order chi connectivity index (χ0) is 10.4. The Bertz CT molecular complexity index is 177. The molecule has 1 atom stereocenters. The Balaban J connectivity index is 2.21. The average molecular weight is 197 g/mol. The zero-order valence-electron chi connectivity index (χ0n) is 9.34. The molecule has 1 fully saturated rings. The van der Waals surface area contributed by atoms with Gasteiger partial charge in [0.15, 0.2) is 0 Å². The predicted octanol–water partition coefficient (Wildman–Crippen LogP) is 2.05. The second kappa shape index (κ2) is 6.20. The number of hydrogen-bond donors (Lipinski definition) is 1.